The van der Waals surface area contributed by atoms with E-state index in [4.69, 9.17) is 4.74 Å². The maximum Gasteiger partial charge on any atom is 0.147 e. The molecule has 1 aromatic carbocycles. The Labute approximate surface area is 161 Å². The largest absolute Gasteiger partial charge is 0.493 e. The molecule has 146 valence electrons. The van der Waals surface area contributed by atoms with E-state index in [1.807, 2.05) is 0 Å². The Bertz CT molecular complexity index is 732. The normalized spacial score (nSPS) is 18.6. The molecule has 3 heterocycles. The molecular formula is C21H31N5O. The molecule has 0 aliphatic carbocycles. The number of nitrogens with zero attached hydrogens (tertiary/aromatic N) is 4. The number of hydrogen-bond donors (Lipinski definition) is 1. The number of likely N-dealkylation sites (tertiary alicyclic amines) is 1. The van der Waals surface area contributed by atoms with Gasteiger partial charge in [0.2, 0.25) is 0 Å². The molecule has 0 spiro atoms. The molecule has 1 fully saturated rings. The van der Waals surface area contributed by atoms with Gasteiger partial charge in [-0.1, -0.05) is 26.0 Å². The molecule has 0 atom stereocenters. The first-order valence-electron chi connectivity index (χ1n) is 10.3. The van der Waals surface area contributed by atoms with Gasteiger partial charge in [-0.25, -0.2) is 0 Å². The van der Waals surface area contributed by atoms with E-state index in [0.29, 0.717) is 11.8 Å². The number of fused-ring (bicyclic) bond motifs is 1. The molecule has 0 radical (unpaired) electrons. The number of nitrogens with one attached hydrogen (secondary N) is 1. The van der Waals surface area contributed by atoms with Crippen molar-refractivity contribution < 1.29 is 4.74 Å². The molecule has 6 heteroatoms. The molecule has 1 aromatic heterocycles. The van der Waals surface area contributed by atoms with Crippen molar-refractivity contribution in [2.75, 3.05) is 26.2 Å². The third-order valence-electron chi connectivity index (χ3n) is 5.52. The smallest absolute Gasteiger partial charge is 0.147 e. The fourth-order valence-corrected chi connectivity index (χ4v) is 3.98. The zero-order chi connectivity index (χ0) is 18.6. The Morgan fingerprint density at radius 2 is 1.89 bits per heavy atom. The van der Waals surface area contributed by atoms with Crippen LogP contribution in [0.4, 0.5) is 0 Å². The van der Waals surface area contributed by atoms with Gasteiger partial charge in [0.1, 0.15) is 17.4 Å². The molecule has 2 aromatic rings. The van der Waals surface area contributed by atoms with Crippen LogP contribution in [0.1, 0.15) is 49.8 Å². The summed E-state index contributed by atoms with van der Waals surface area (Å²) in [5.41, 5.74) is 1.36. The monoisotopic (exact) mass is 369 g/mol. The van der Waals surface area contributed by atoms with E-state index < -0.39 is 0 Å². The molecule has 27 heavy (non-hydrogen) atoms. The van der Waals surface area contributed by atoms with Crippen LogP contribution in [0.15, 0.2) is 24.3 Å². The lowest BCUT2D eigenvalue weighted by atomic mass is 9.95. The van der Waals surface area contributed by atoms with E-state index in [1.165, 1.54) is 24.2 Å². The Balaban J connectivity index is 1.29. The van der Waals surface area contributed by atoms with Crippen LogP contribution < -0.4 is 10.1 Å². The molecular weight excluding hydrogens is 338 g/mol. The van der Waals surface area contributed by atoms with Crippen molar-refractivity contribution in [3.8, 4) is 5.75 Å². The third kappa shape index (κ3) is 4.50. The first-order valence-corrected chi connectivity index (χ1v) is 10.3. The van der Waals surface area contributed by atoms with Gasteiger partial charge < -0.3 is 14.6 Å². The van der Waals surface area contributed by atoms with Gasteiger partial charge >= 0.3 is 0 Å². The highest BCUT2D eigenvalue weighted by molar-refractivity contribution is 5.27. The summed E-state index contributed by atoms with van der Waals surface area (Å²) < 4.78 is 8.12. The van der Waals surface area contributed by atoms with Gasteiger partial charge in [-0.05, 0) is 49.5 Å². The van der Waals surface area contributed by atoms with Gasteiger partial charge in [-0.2, -0.15) is 0 Å². The van der Waals surface area contributed by atoms with Crippen LogP contribution in [-0.4, -0.2) is 45.9 Å². The summed E-state index contributed by atoms with van der Waals surface area (Å²) in [5, 5.41) is 12.3. The number of piperidine rings is 1. The van der Waals surface area contributed by atoms with Crippen LogP contribution in [0.2, 0.25) is 0 Å². The summed E-state index contributed by atoms with van der Waals surface area (Å²) in [4.78, 5) is 2.55. The van der Waals surface area contributed by atoms with E-state index in [0.717, 1.165) is 57.4 Å². The first kappa shape index (κ1) is 18.4. The average Bonchev–Trinajstić information content (AvgIpc) is 3.12. The van der Waals surface area contributed by atoms with Crippen molar-refractivity contribution in [2.24, 2.45) is 5.92 Å². The Morgan fingerprint density at radius 3 is 2.63 bits per heavy atom. The fraction of sp³-hybridized carbons (Fsp3) is 0.619. The van der Waals surface area contributed by atoms with Crippen molar-refractivity contribution >= 4 is 0 Å². The predicted octanol–water partition coefficient (Wildman–Crippen LogP) is 2.80. The standard InChI is InChI=1S/C21H31N5O/c1-16(2)15-27-19-5-3-17(4-6-19)14-25-10-7-18(8-11-25)21-24-23-20-13-22-9-12-26(20)21/h3-6,16,18,22H,7-15H2,1-2H3. The minimum absolute atomic E-state index is 0.549. The highest BCUT2D eigenvalue weighted by Crippen LogP contribution is 2.28. The number of rotatable bonds is 6. The van der Waals surface area contributed by atoms with Crippen LogP contribution >= 0.6 is 0 Å². The van der Waals surface area contributed by atoms with E-state index in [1.54, 1.807) is 0 Å². The highest BCUT2D eigenvalue weighted by Gasteiger charge is 2.26. The maximum atomic E-state index is 5.78. The zero-order valence-electron chi connectivity index (χ0n) is 16.5. The quantitative estimate of drug-likeness (QED) is 0.849. The summed E-state index contributed by atoms with van der Waals surface area (Å²) in [5.74, 6) is 4.37. The second kappa shape index (κ2) is 8.40. The number of hydrogen-bond acceptors (Lipinski definition) is 5. The van der Waals surface area contributed by atoms with Gasteiger partial charge in [-0.3, -0.25) is 4.90 Å². The lowest BCUT2D eigenvalue weighted by molar-refractivity contribution is 0.199. The summed E-state index contributed by atoms with van der Waals surface area (Å²) in [7, 11) is 0. The zero-order valence-corrected chi connectivity index (χ0v) is 16.5. The number of aromatic nitrogens is 3. The summed E-state index contributed by atoms with van der Waals surface area (Å²) in [6, 6.07) is 8.59. The van der Waals surface area contributed by atoms with Gasteiger partial charge in [-0.15, -0.1) is 10.2 Å². The lowest BCUT2D eigenvalue weighted by Crippen LogP contribution is -2.34. The number of ether oxygens (including phenoxy) is 1. The van der Waals surface area contributed by atoms with Crippen molar-refractivity contribution in [1.29, 1.82) is 0 Å². The molecule has 1 N–H and O–H groups in total. The molecule has 2 aliphatic heterocycles. The summed E-state index contributed by atoms with van der Waals surface area (Å²) in [6.45, 7) is 11.2. The summed E-state index contributed by atoms with van der Waals surface area (Å²) >= 11 is 0. The van der Waals surface area contributed by atoms with Crippen LogP contribution in [0.25, 0.3) is 0 Å². The molecule has 6 nitrogen and oxygen atoms in total. The van der Waals surface area contributed by atoms with Crippen LogP contribution in [0.5, 0.6) is 5.75 Å². The summed E-state index contributed by atoms with van der Waals surface area (Å²) in [6.07, 6.45) is 2.34. The SMILES string of the molecule is CC(C)COc1ccc(CN2CCC(c3nnc4n3CCNC4)CC2)cc1. The van der Waals surface area contributed by atoms with Crippen molar-refractivity contribution in [3.63, 3.8) is 0 Å². The van der Waals surface area contributed by atoms with Crippen LogP contribution in [0.3, 0.4) is 0 Å². The highest BCUT2D eigenvalue weighted by atomic mass is 16.5. The topological polar surface area (TPSA) is 55.2 Å². The molecule has 0 amide bonds. The van der Waals surface area contributed by atoms with E-state index >= 15 is 0 Å². The predicted molar refractivity (Wildman–Crippen MR) is 106 cm³/mol. The van der Waals surface area contributed by atoms with Crippen LogP contribution in [-0.2, 0) is 19.6 Å². The van der Waals surface area contributed by atoms with Crippen molar-refractivity contribution in [2.45, 2.75) is 52.2 Å². The lowest BCUT2D eigenvalue weighted by Gasteiger charge is -2.32. The molecule has 1 saturated heterocycles. The number of benzene rings is 1. The average molecular weight is 370 g/mol. The van der Waals surface area contributed by atoms with E-state index in [2.05, 4.69) is 63.1 Å². The molecule has 0 saturated carbocycles. The van der Waals surface area contributed by atoms with Gasteiger partial charge in [0.25, 0.3) is 0 Å². The van der Waals surface area contributed by atoms with Crippen molar-refractivity contribution in [3.05, 3.63) is 41.5 Å². The van der Waals surface area contributed by atoms with E-state index in [-0.39, 0.29) is 0 Å². The first-order chi connectivity index (χ1) is 13.2. The van der Waals surface area contributed by atoms with Crippen LogP contribution in [0, 0.1) is 5.92 Å². The fourth-order valence-electron chi connectivity index (χ4n) is 3.98. The Morgan fingerprint density at radius 1 is 1.11 bits per heavy atom. The minimum Gasteiger partial charge on any atom is -0.493 e. The van der Waals surface area contributed by atoms with Gasteiger partial charge in [0.05, 0.1) is 13.2 Å². The third-order valence-corrected chi connectivity index (χ3v) is 5.52. The Kier molecular flexibility index (Phi) is 5.74. The second-order valence-electron chi connectivity index (χ2n) is 8.20. The second-order valence-corrected chi connectivity index (χ2v) is 8.20. The molecule has 0 unspecified atom stereocenters. The van der Waals surface area contributed by atoms with Gasteiger partial charge in [0, 0.05) is 25.6 Å². The van der Waals surface area contributed by atoms with E-state index in [9.17, 15) is 0 Å². The molecule has 4 rings (SSSR count). The maximum absolute atomic E-state index is 5.78. The van der Waals surface area contributed by atoms with Gasteiger partial charge in [0.15, 0.2) is 0 Å². The van der Waals surface area contributed by atoms with Crippen molar-refractivity contribution in [1.82, 2.24) is 25.0 Å². The molecule has 2 aliphatic rings. The minimum atomic E-state index is 0.549. The Hall–Kier alpha value is -1.92. The molecule has 0 bridgehead atoms.